The van der Waals surface area contributed by atoms with Crippen LogP contribution in [0, 0.1) is 0 Å². The molecule has 1 N–H and O–H groups in total. The number of hydrogen-bond donors (Lipinski definition) is 1. The smallest absolute Gasteiger partial charge is 0.354 e. The first-order chi connectivity index (χ1) is 11.2. The Morgan fingerprint density at radius 2 is 0.880 bits per heavy atom. The van der Waals surface area contributed by atoms with Crippen LogP contribution in [-0.4, -0.2) is 4.89 Å². The maximum atomic E-state index is 11.9. The number of rotatable bonds is 2. The molecule has 0 aliphatic heterocycles. The molecule has 0 atom stereocenters. The molecule has 132 valence electrons. The van der Waals surface area contributed by atoms with E-state index in [1.165, 1.54) is 0 Å². The van der Waals surface area contributed by atoms with Gasteiger partial charge in [-0.25, -0.2) is 48.5 Å². The summed E-state index contributed by atoms with van der Waals surface area (Å²) < 4.78 is 11.9. The van der Waals surface area contributed by atoms with Gasteiger partial charge in [-0.1, -0.05) is 10.6 Å². The summed E-state index contributed by atoms with van der Waals surface area (Å²) in [6.07, 6.45) is 0. The second-order valence-corrected chi connectivity index (χ2v) is 6.97. The molecule has 4 aromatic carbocycles. The molecule has 0 bridgehead atoms. The Bertz CT molecular complexity index is 657. The van der Waals surface area contributed by atoms with Crippen LogP contribution in [0.1, 0.15) is 0 Å². The van der Waals surface area contributed by atoms with Gasteiger partial charge in [-0.05, 0) is 0 Å². The van der Waals surface area contributed by atoms with Crippen molar-refractivity contribution in [3.63, 3.8) is 0 Å². The van der Waals surface area contributed by atoms with Gasteiger partial charge in [0.1, 0.15) is 0 Å². The minimum atomic E-state index is -3.30. The predicted octanol–water partition coefficient (Wildman–Crippen LogP) is 4.15. The Labute approximate surface area is 170 Å². The molecule has 0 heterocycles. The van der Waals surface area contributed by atoms with Gasteiger partial charge in [-0.3, -0.25) is 0 Å². The normalized spacial score (nSPS) is 9.32. The van der Waals surface area contributed by atoms with E-state index in [2.05, 4.69) is 0 Å². The average Bonchev–Trinajstić information content (AvgIpc) is 3.44. The third kappa shape index (κ3) is 8.03. The van der Waals surface area contributed by atoms with Crippen LogP contribution in [0.25, 0.3) is 0 Å². The Morgan fingerprint density at radius 3 is 1.08 bits per heavy atom. The van der Waals surface area contributed by atoms with Gasteiger partial charge in [0.2, 0.25) is 0 Å². The Kier molecular flexibility index (Phi) is 12.2. The molecular formula is C20H19Fe2O2P. The van der Waals surface area contributed by atoms with E-state index in [0.29, 0.717) is 10.6 Å². The van der Waals surface area contributed by atoms with Gasteiger partial charge in [0, 0.05) is 0 Å². The summed E-state index contributed by atoms with van der Waals surface area (Å²) in [4.78, 5) is 9.79. The fraction of sp³-hybridized carbons (Fsp3) is 0. The molecule has 0 radical (unpaired) electrons. The standard InChI is InChI=1S/C10H9O2P.2C5H5.2Fe/c11-13(12,9-5-1-2-6-9)10-7-3-4-8-10;2*1-2-4-5-3-1;;/h1-8H,(H,11,12);2*1-5H;;/q-2;2*-1;2*+2. The molecule has 0 amide bonds. The van der Waals surface area contributed by atoms with E-state index in [-0.39, 0.29) is 34.1 Å². The molecule has 0 saturated heterocycles. The van der Waals surface area contributed by atoms with Crippen LogP contribution in [-0.2, 0) is 38.7 Å². The summed E-state index contributed by atoms with van der Waals surface area (Å²) in [5, 5.41) is 0.998. The molecule has 0 unspecified atom stereocenters. The first-order valence-corrected chi connectivity index (χ1v) is 8.98. The quantitative estimate of drug-likeness (QED) is 0.293. The molecular weight excluding hydrogens is 415 g/mol. The van der Waals surface area contributed by atoms with Crippen LogP contribution in [0.2, 0.25) is 0 Å². The van der Waals surface area contributed by atoms with Gasteiger partial charge in [-0.2, -0.15) is 60.7 Å². The van der Waals surface area contributed by atoms with Gasteiger partial charge in [0.25, 0.3) is 0 Å². The van der Waals surface area contributed by atoms with Crippen molar-refractivity contribution in [1.82, 2.24) is 0 Å². The van der Waals surface area contributed by atoms with E-state index in [1.54, 1.807) is 48.5 Å². The molecule has 5 heteroatoms. The predicted molar refractivity (Wildman–Crippen MR) is 97.2 cm³/mol. The summed E-state index contributed by atoms with van der Waals surface area (Å²) >= 11 is 0. The minimum absolute atomic E-state index is 0. The molecule has 0 fully saturated rings. The molecule has 0 saturated carbocycles. The second kappa shape index (κ2) is 12.9. The molecule has 0 aliphatic carbocycles. The molecule has 4 rings (SSSR count). The monoisotopic (exact) mass is 434 g/mol. The molecule has 4 aromatic rings. The first kappa shape index (κ1) is 23.6. The topological polar surface area (TPSA) is 37.3 Å². The fourth-order valence-electron chi connectivity index (χ4n) is 1.92. The third-order valence-corrected chi connectivity index (χ3v) is 5.10. The zero-order chi connectivity index (χ0) is 16.4. The van der Waals surface area contributed by atoms with Crippen molar-refractivity contribution in [1.29, 1.82) is 0 Å². The van der Waals surface area contributed by atoms with Crippen LogP contribution in [0.5, 0.6) is 0 Å². The zero-order valence-electron chi connectivity index (χ0n) is 13.4. The average molecular weight is 434 g/mol. The summed E-state index contributed by atoms with van der Waals surface area (Å²) in [7, 11) is -3.30. The van der Waals surface area contributed by atoms with Gasteiger partial charge in [0.05, 0.1) is 0 Å². The maximum Gasteiger partial charge on any atom is 2.00 e. The van der Waals surface area contributed by atoms with Crippen LogP contribution < -0.4 is 10.6 Å². The van der Waals surface area contributed by atoms with Crippen molar-refractivity contribution >= 4 is 18.0 Å². The summed E-state index contributed by atoms with van der Waals surface area (Å²) in [6.45, 7) is 0. The van der Waals surface area contributed by atoms with Crippen molar-refractivity contribution in [3.05, 3.63) is 109 Å². The van der Waals surface area contributed by atoms with Gasteiger partial charge >= 0.3 is 34.1 Å². The molecule has 0 aliphatic rings. The van der Waals surface area contributed by atoms with Crippen molar-refractivity contribution in [3.8, 4) is 0 Å². The van der Waals surface area contributed by atoms with E-state index in [4.69, 9.17) is 0 Å². The largest absolute Gasteiger partial charge is 2.00 e. The van der Waals surface area contributed by atoms with Crippen molar-refractivity contribution in [2.75, 3.05) is 0 Å². The van der Waals surface area contributed by atoms with E-state index in [1.807, 2.05) is 60.7 Å². The Morgan fingerprint density at radius 1 is 0.600 bits per heavy atom. The van der Waals surface area contributed by atoms with Crippen molar-refractivity contribution in [2.45, 2.75) is 0 Å². The summed E-state index contributed by atoms with van der Waals surface area (Å²) in [5.74, 6) is 0. The maximum absolute atomic E-state index is 11.9. The molecule has 25 heavy (non-hydrogen) atoms. The third-order valence-electron chi connectivity index (χ3n) is 3.10. The first-order valence-electron chi connectivity index (χ1n) is 7.32. The zero-order valence-corrected chi connectivity index (χ0v) is 16.5. The van der Waals surface area contributed by atoms with Crippen LogP contribution >= 0.6 is 7.37 Å². The Balaban J connectivity index is 0.000000400. The van der Waals surface area contributed by atoms with Crippen molar-refractivity contribution < 1.29 is 43.6 Å². The van der Waals surface area contributed by atoms with E-state index >= 15 is 0 Å². The SMILES string of the molecule is O=P(O)([c-]1cccc1)[c-]1cccc1.[Fe+2].[Fe+2].c1cc[cH-]c1.c1cc[cH-]c1. The van der Waals surface area contributed by atoms with Crippen molar-refractivity contribution in [2.24, 2.45) is 0 Å². The fourth-order valence-corrected chi connectivity index (χ4v) is 3.37. The van der Waals surface area contributed by atoms with E-state index < -0.39 is 7.37 Å². The van der Waals surface area contributed by atoms with E-state index in [9.17, 15) is 9.46 Å². The van der Waals surface area contributed by atoms with E-state index in [0.717, 1.165) is 0 Å². The summed E-state index contributed by atoms with van der Waals surface area (Å²) in [5.41, 5.74) is 0. The van der Waals surface area contributed by atoms with Gasteiger partial charge in [-0.15, -0.1) is 0 Å². The molecule has 0 spiro atoms. The molecule has 2 nitrogen and oxygen atoms in total. The summed E-state index contributed by atoms with van der Waals surface area (Å²) in [6, 6.07) is 33.8. The minimum Gasteiger partial charge on any atom is -0.354 e. The Hall–Kier alpha value is -1.37. The van der Waals surface area contributed by atoms with Crippen LogP contribution in [0.3, 0.4) is 0 Å². The van der Waals surface area contributed by atoms with Crippen LogP contribution in [0.4, 0.5) is 0 Å². The molecule has 0 aromatic heterocycles. The second-order valence-electron chi connectivity index (χ2n) is 4.79. The van der Waals surface area contributed by atoms with Gasteiger partial charge in [0.15, 0.2) is 7.37 Å². The number of hydrogen-bond acceptors (Lipinski definition) is 1. The van der Waals surface area contributed by atoms with Gasteiger partial charge < -0.3 is 9.46 Å². The van der Waals surface area contributed by atoms with Crippen LogP contribution in [0.15, 0.2) is 109 Å².